The third kappa shape index (κ3) is 3.46. The fourth-order valence-corrected chi connectivity index (χ4v) is 3.60. The largest absolute Gasteiger partial charge is 0.493 e. The zero-order valence-electron chi connectivity index (χ0n) is 16.3. The Labute approximate surface area is 178 Å². The predicted molar refractivity (Wildman–Crippen MR) is 113 cm³/mol. The van der Waals surface area contributed by atoms with Crippen LogP contribution in [0.5, 0.6) is 11.5 Å². The highest BCUT2D eigenvalue weighted by Crippen LogP contribution is 2.42. The zero-order valence-corrected chi connectivity index (χ0v) is 17.0. The van der Waals surface area contributed by atoms with Gasteiger partial charge in [-0.3, -0.25) is 4.79 Å². The Kier molecular flexibility index (Phi) is 5.33. The van der Waals surface area contributed by atoms with Gasteiger partial charge in [0.1, 0.15) is 5.56 Å². The average molecular weight is 424 g/mol. The number of hydrogen-bond acceptors (Lipinski definition) is 6. The fourth-order valence-electron chi connectivity index (χ4n) is 3.42. The van der Waals surface area contributed by atoms with Gasteiger partial charge in [-0.15, -0.1) is 0 Å². The first kappa shape index (κ1) is 19.8. The minimum absolute atomic E-state index is 0.197. The van der Waals surface area contributed by atoms with Crippen LogP contribution in [0.1, 0.15) is 38.1 Å². The van der Waals surface area contributed by atoms with Gasteiger partial charge in [-0.25, -0.2) is 4.79 Å². The molecule has 0 aliphatic carbocycles. The van der Waals surface area contributed by atoms with Crippen molar-refractivity contribution in [1.29, 1.82) is 0 Å². The number of benzene rings is 3. The number of cyclic esters (lactones) is 1. The van der Waals surface area contributed by atoms with Crippen molar-refractivity contribution in [3.8, 4) is 11.5 Å². The number of fused-ring (bicyclic) bond motifs is 1. The second-order valence-electron chi connectivity index (χ2n) is 6.58. The second kappa shape index (κ2) is 8.08. The Morgan fingerprint density at radius 3 is 2.50 bits per heavy atom. The number of ether oxygens (including phenoxy) is 3. The second-order valence-corrected chi connectivity index (χ2v) is 7.02. The lowest BCUT2D eigenvalue weighted by atomic mass is 10.0. The van der Waals surface area contributed by atoms with Gasteiger partial charge in [0.25, 0.3) is 0 Å². The van der Waals surface area contributed by atoms with Gasteiger partial charge in [-0.05, 0) is 30.3 Å². The SMILES string of the molecule is COc1ccc2c(c1OC)C(=O)OC2Nc1ccc(Cl)cc1C(=O)c1ccccc1. The maximum atomic E-state index is 13.0. The molecule has 0 spiro atoms. The van der Waals surface area contributed by atoms with E-state index in [9.17, 15) is 9.59 Å². The average Bonchev–Trinajstić information content (AvgIpc) is 3.09. The lowest BCUT2D eigenvalue weighted by Gasteiger charge is -2.18. The maximum Gasteiger partial charge on any atom is 0.344 e. The molecule has 4 rings (SSSR count). The van der Waals surface area contributed by atoms with Crippen LogP contribution in [0.25, 0.3) is 0 Å². The number of nitrogens with one attached hydrogen (secondary N) is 1. The van der Waals surface area contributed by atoms with Crippen molar-refractivity contribution in [2.75, 3.05) is 19.5 Å². The van der Waals surface area contributed by atoms with Crippen LogP contribution < -0.4 is 14.8 Å². The normalized spacial score (nSPS) is 14.6. The molecule has 0 saturated carbocycles. The van der Waals surface area contributed by atoms with E-state index in [4.69, 9.17) is 25.8 Å². The standard InChI is InChI=1S/C23H18ClNO5/c1-28-18-11-9-15-19(21(18)29-2)23(27)30-22(15)25-17-10-8-14(24)12-16(17)20(26)13-6-4-3-5-7-13/h3-12,22,25H,1-2H3. The number of anilines is 1. The molecule has 0 radical (unpaired) electrons. The topological polar surface area (TPSA) is 73.9 Å². The van der Waals surface area contributed by atoms with E-state index in [-0.39, 0.29) is 5.78 Å². The van der Waals surface area contributed by atoms with E-state index in [0.29, 0.717) is 44.5 Å². The van der Waals surface area contributed by atoms with Crippen LogP contribution in [0.2, 0.25) is 5.02 Å². The summed E-state index contributed by atoms with van der Waals surface area (Å²) in [6.07, 6.45) is -0.796. The summed E-state index contributed by atoms with van der Waals surface area (Å²) in [6.45, 7) is 0. The van der Waals surface area contributed by atoms with Crippen LogP contribution in [-0.4, -0.2) is 26.0 Å². The summed E-state index contributed by atoms with van der Waals surface area (Å²) in [5.74, 6) is 0.00175. The first-order valence-corrected chi connectivity index (χ1v) is 9.53. The number of ketones is 1. The van der Waals surface area contributed by atoms with Gasteiger partial charge < -0.3 is 19.5 Å². The van der Waals surface area contributed by atoms with Crippen molar-refractivity contribution in [2.45, 2.75) is 6.23 Å². The van der Waals surface area contributed by atoms with E-state index in [1.54, 1.807) is 54.6 Å². The van der Waals surface area contributed by atoms with Crippen molar-refractivity contribution < 1.29 is 23.8 Å². The highest BCUT2D eigenvalue weighted by atomic mass is 35.5. The quantitative estimate of drug-likeness (QED) is 0.450. The number of rotatable bonds is 6. The maximum absolute atomic E-state index is 13.0. The minimum atomic E-state index is -0.796. The first-order valence-electron chi connectivity index (χ1n) is 9.15. The van der Waals surface area contributed by atoms with Gasteiger partial charge in [-0.2, -0.15) is 0 Å². The Morgan fingerprint density at radius 2 is 1.80 bits per heavy atom. The van der Waals surface area contributed by atoms with Crippen LogP contribution in [0.15, 0.2) is 60.7 Å². The number of esters is 1. The third-order valence-electron chi connectivity index (χ3n) is 4.84. The van der Waals surface area contributed by atoms with Gasteiger partial charge in [0.15, 0.2) is 17.3 Å². The van der Waals surface area contributed by atoms with Crippen molar-refractivity contribution in [3.05, 3.63) is 87.9 Å². The molecule has 0 amide bonds. The van der Waals surface area contributed by atoms with Crippen LogP contribution >= 0.6 is 11.6 Å². The molecule has 3 aromatic carbocycles. The molecule has 3 aromatic rings. The Balaban J connectivity index is 1.72. The lowest BCUT2D eigenvalue weighted by Crippen LogP contribution is -2.14. The lowest BCUT2D eigenvalue weighted by molar-refractivity contribution is 0.0435. The molecule has 1 aliphatic rings. The molecule has 7 heteroatoms. The van der Waals surface area contributed by atoms with E-state index < -0.39 is 12.2 Å². The molecule has 6 nitrogen and oxygen atoms in total. The summed E-state index contributed by atoms with van der Waals surface area (Å²) in [5.41, 5.74) is 2.27. The van der Waals surface area contributed by atoms with Crippen LogP contribution in [0.3, 0.4) is 0 Å². The summed E-state index contributed by atoms with van der Waals surface area (Å²) in [4.78, 5) is 25.6. The monoisotopic (exact) mass is 423 g/mol. The molecule has 1 atom stereocenters. The minimum Gasteiger partial charge on any atom is -0.493 e. The molecular formula is C23H18ClNO5. The van der Waals surface area contributed by atoms with E-state index in [2.05, 4.69) is 5.32 Å². The van der Waals surface area contributed by atoms with Gasteiger partial charge >= 0.3 is 5.97 Å². The molecule has 1 aliphatic heterocycles. The van der Waals surface area contributed by atoms with Crippen LogP contribution in [0, 0.1) is 0 Å². The summed E-state index contributed by atoms with van der Waals surface area (Å²) in [5, 5.41) is 3.57. The molecule has 1 heterocycles. The first-order chi connectivity index (χ1) is 14.5. The summed E-state index contributed by atoms with van der Waals surface area (Å²) in [6, 6.07) is 17.3. The fraction of sp³-hybridized carbons (Fsp3) is 0.130. The van der Waals surface area contributed by atoms with Gasteiger partial charge in [0.2, 0.25) is 6.23 Å². The Hall–Kier alpha value is -3.51. The molecule has 152 valence electrons. The molecule has 0 fully saturated rings. The van der Waals surface area contributed by atoms with Crippen LogP contribution in [0.4, 0.5) is 5.69 Å². The summed E-state index contributed by atoms with van der Waals surface area (Å²) >= 11 is 6.15. The van der Waals surface area contributed by atoms with Crippen molar-refractivity contribution in [2.24, 2.45) is 0 Å². The molecule has 0 aromatic heterocycles. The third-order valence-corrected chi connectivity index (χ3v) is 5.07. The number of halogens is 1. The van der Waals surface area contributed by atoms with E-state index in [1.165, 1.54) is 14.2 Å². The molecule has 1 N–H and O–H groups in total. The summed E-state index contributed by atoms with van der Waals surface area (Å²) in [7, 11) is 2.96. The molecule has 1 unspecified atom stereocenters. The van der Waals surface area contributed by atoms with Crippen LogP contribution in [-0.2, 0) is 4.74 Å². The predicted octanol–water partition coefficient (Wildman–Crippen LogP) is 4.87. The number of methoxy groups -OCH3 is 2. The molecule has 30 heavy (non-hydrogen) atoms. The summed E-state index contributed by atoms with van der Waals surface area (Å²) < 4.78 is 16.1. The Bertz CT molecular complexity index is 1130. The highest BCUT2D eigenvalue weighted by Gasteiger charge is 2.36. The van der Waals surface area contributed by atoms with Crippen molar-refractivity contribution in [1.82, 2.24) is 0 Å². The number of carbonyl (C=O) groups is 2. The smallest absolute Gasteiger partial charge is 0.344 e. The van der Waals surface area contributed by atoms with Crippen molar-refractivity contribution in [3.63, 3.8) is 0 Å². The van der Waals surface area contributed by atoms with Gasteiger partial charge in [0.05, 0.1) is 14.2 Å². The van der Waals surface area contributed by atoms with Crippen molar-refractivity contribution >= 4 is 29.0 Å². The van der Waals surface area contributed by atoms with E-state index in [0.717, 1.165) is 0 Å². The molecule has 0 bridgehead atoms. The number of carbonyl (C=O) groups excluding carboxylic acids is 2. The zero-order chi connectivity index (χ0) is 21.3. The molecule has 0 saturated heterocycles. The van der Waals surface area contributed by atoms with Gasteiger partial charge in [-0.1, -0.05) is 41.9 Å². The molecular weight excluding hydrogens is 406 g/mol. The highest BCUT2D eigenvalue weighted by molar-refractivity contribution is 6.31. The van der Waals surface area contributed by atoms with E-state index >= 15 is 0 Å². The van der Waals surface area contributed by atoms with E-state index in [1.807, 2.05) is 6.07 Å². The Morgan fingerprint density at radius 1 is 1.03 bits per heavy atom. The van der Waals surface area contributed by atoms with Gasteiger partial charge in [0, 0.05) is 27.4 Å². The number of hydrogen-bond donors (Lipinski definition) is 1.